The molecule has 2 atom stereocenters. The molecule has 0 spiro atoms. The third-order valence-corrected chi connectivity index (χ3v) is 6.97. The standard InChI is InChI=1S/C27H26FN5O/c28-20-10-8-18(9-11-20)23-25(19-6-4-17(5-7-19)16-33-14-12-29-13-15-33)30-22-3-1-2-21-24(22)26(23)31-32-27(21)34/h1-11,23,25,29-30H,12-16H2,(H,32,34). The van der Waals surface area contributed by atoms with Crippen molar-refractivity contribution in [2.24, 2.45) is 0 Å². The minimum absolute atomic E-state index is 0.116. The first-order valence-corrected chi connectivity index (χ1v) is 11.7. The first-order chi connectivity index (χ1) is 16.7. The number of benzene rings is 3. The van der Waals surface area contributed by atoms with Crippen LogP contribution < -0.4 is 16.2 Å². The molecule has 3 heterocycles. The van der Waals surface area contributed by atoms with E-state index in [0.717, 1.165) is 60.6 Å². The van der Waals surface area contributed by atoms with E-state index in [1.165, 1.54) is 17.7 Å². The van der Waals surface area contributed by atoms with Crippen LogP contribution in [0.25, 0.3) is 10.8 Å². The van der Waals surface area contributed by atoms with Crippen LogP contribution in [0.3, 0.4) is 0 Å². The molecule has 1 aromatic heterocycles. The molecule has 1 saturated heterocycles. The molecular weight excluding hydrogens is 429 g/mol. The van der Waals surface area contributed by atoms with Crippen molar-refractivity contribution < 1.29 is 4.39 Å². The zero-order valence-electron chi connectivity index (χ0n) is 18.7. The summed E-state index contributed by atoms with van der Waals surface area (Å²) in [5.41, 5.74) is 4.82. The summed E-state index contributed by atoms with van der Waals surface area (Å²) in [6.07, 6.45) is 0. The molecule has 172 valence electrons. The van der Waals surface area contributed by atoms with Gasteiger partial charge >= 0.3 is 0 Å². The van der Waals surface area contributed by atoms with Crippen LogP contribution >= 0.6 is 0 Å². The Balaban J connectivity index is 1.41. The summed E-state index contributed by atoms with van der Waals surface area (Å²) in [7, 11) is 0. The largest absolute Gasteiger partial charge is 0.377 e. The number of nitrogens with one attached hydrogen (secondary N) is 3. The Morgan fingerprint density at radius 3 is 2.44 bits per heavy atom. The van der Waals surface area contributed by atoms with Gasteiger partial charge in [0.15, 0.2) is 0 Å². The Bertz CT molecular complexity index is 1380. The molecule has 0 saturated carbocycles. The van der Waals surface area contributed by atoms with Crippen molar-refractivity contribution in [2.75, 3.05) is 31.5 Å². The molecule has 0 bridgehead atoms. The molecule has 2 unspecified atom stereocenters. The van der Waals surface area contributed by atoms with Crippen molar-refractivity contribution in [3.05, 3.63) is 105 Å². The number of nitrogens with zero attached hydrogens (tertiary/aromatic N) is 2. The van der Waals surface area contributed by atoms with Crippen molar-refractivity contribution in [2.45, 2.75) is 18.5 Å². The third kappa shape index (κ3) is 3.77. The normalized spacial score (nSPS) is 20.3. The summed E-state index contributed by atoms with van der Waals surface area (Å²) in [4.78, 5) is 14.9. The second-order valence-electron chi connectivity index (χ2n) is 9.09. The predicted octanol–water partition coefficient (Wildman–Crippen LogP) is 3.77. The molecule has 6 nitrogen and oxygen atoms in total. The summed E-state index contributed by atoms with van der Waals surface area (Å²) >= 11 is 0. The number of halogens is 1. The Kier molecular flexibility index (Phi) is 5.36. The molecule has 1 fully saturated rings. The quantitative estimate of drug-likeness (QED) is 0.437. The van der Waals surface area contributed by atoms with Gasteiger partial charge < -0.3 is 10.6 Å². The van der Waals surface area contributed by atoms with E-state index >= 15 is 0 Å². The molecule has 34 heavy (non-hydrogen) atoms. The zero-order chi connectivity index (χ0) is 23.1. The number of hydrogen-bond donors (Lipinski definition) is 3. The third-order valence-electron chi connectivity index (χ3n) is 6.97. The van der Waals surface area contributed by atoms with Gasteiger partial charge in [0.2, 0.25) is 0 Å². The summed E-state index contributed by atoms with van der Waals surface area (Å²) in [6, 6.07) is 20.9. The van der Waals surface area contributed by atoms with Gasteiger partial charge in [-0.25, -0.2) is 9.49 Å². The number of hydrogen-bond acceptors (Lipinski definition) is 5. The van der Waals surface area contributed by atoms with Gasteiger partial charge in [-0.05, 0) is 41.0 Å². The van der Waals surface area contributed by atoms with Gasteiger partial charge in [-0.3, -0.25) is 9.69 Å². The topological polar surface area (TPSA) is 73.0 Å². The molecule has 4 aromatic rings. The van der Waals surface area contributed by atoms with Crippen molar-refractivity contribution >= 4 is 16.5 Å². The lowest BCUT2D eigenvalue weighted by Crippen LogP contribution is -2.42. The van der Waals surface area contributed by atoms with E-state index in [9.17, 15) is 9.18 Å². The highest BCUT2D eigenvalue weighted by Crippen LogP contribution is 2.46. The lowest BCUT2D eigenvalue weighted by atomic mass is 9.80. The Morgan fingerprint density at radius 2 is 1.68 bits per heavy atom. The van der Waals surface area contributed by atoms with Crippen LogP contribution in [0.2, 0.25) is 0 Å². The highest BCUT2D eigenvalue weighted by molar-refractivity contribution is 5.97. The van der Waals surface area contributed by atoms with E-state index in [1.54, 1.807) is 12.1 Å². The molecule has 3 N–H and O–H groups in total. The summed E-state index contributed by atoms with van der Waals surface area (Å²) in [6.45, 7) is 5.12. The molecule has 0 amide bonds. The molecule has 3 aromatic carbocycles. The number of anilines is 1. The summed E-state index contributed by atoms with van der Waals surface area (Å²) < 4.78 is 13.7. The Labute approximate surface area is 196 Å². The molecule has 2 aliphatic heterocycles. The van der Waals surface area contributed by atoms with E-state index in [-0.39, 0.29) is 23.3 Å². The van der Waals surface area contributed by atoms with Crippen LogP contribution in [0.4, 0.5) is 10.1 Å². The number of aromatic nitrogens is 2. The van der Waals surface area contributed by atoms with Gasteiger partial charge in [0.05, 0.1) is 23.0 Å². The zero-order valence-corrected chi connectivity index (χ0v) is 18.7. The maximum Gasteiger partial charge on any atom is 0.272 e. The molecule has 6 rings (SSSR count). The van der Waals surface area contributed by atoms with Gasteiger partial charge in [0.25, 0.3) is 5.56 Å². The predicted molar refractivity (Wildman–Crippen MR) is 132 cm³/mol. The van der Waals surface area contributed by atoms with Crippen molar-refractivity contribution in [3.63, 3.8) is 0 Å². The smallest absolute Gasteiger partial charge is 0.272 e. The Hall–Kier alpha value is -3.55. The molecule has 2 aliphatic rings. The average Bonchev–Trinajstić information content (AvgIpc) is 2.87. The number of piperazine rings is 1. The lowest BCUT2D eigenvalue weighted by molar-refractivity contribution is 0.233. The number of aromatic amines is 1. The van der Waals surface area contributed by atoms with E-state index in [2.05, 4.69) is 50.0 Å². The number of rotatable bonds is 4. The fourth-order valence-electron chi connectivity index (χ4n) is 5.25. The second-order valence-corrected chi connectivity index (χ2v) is 9.09. The average molecular weight is 456 g/mol. The fourth-order valence-corrected chi connectivity index (χ4v) is 5.25. The van der Waals surface area contributed by atoms with E-state index in [4.69, 9.17) is 0 Å². The van der Waals surface area contributed by atoms with Crippen LogP contribution in [-0.4, -0.2) is 41.3 Å². The van der Waals surface area contributed by atoms with Crippen molar-refractivity contribution in [3.8, 4) is 0 Å². The Morgan fingerprint density at radius 1 is 0.941 bits per heavy atom. The van der Waals surface area contributed by atoms with Gasteiger partial charge in [-0.1, -0.05) is 42.5 Å². The first-order valence-electron chi connectivity index (χ1n) is 11.7. The maximum absolute atomic E-state index is 13.7. The van der Waals surface area contributed by atoms with E-state index < -0.39 is 0 Å². The summed E-state index contributed by atoms with van der Waals surface area (Å²) in [5, 5.41) is 15.7. The molecular formula is C27H26FN5O. The van der Waals surface area contributed by atoms with Gasteiger partial charge in [-0.15, -0.1) is 0 Å². The van der Waals surface area contributed by atoms with Crippen LogP contribution in [0, 0.1) is 5.82 Å². The maximum atomic E-state index is 13.7. The lowest BCUT2D eigenvalue weighted by Gasteiger charge is -2.35. The highest BCUT2D eigenvalue weighted by atomic mass is 19.1. The van der Waals surface area contributed by atoms with Gasteiger partial charge in [0, 0.05) is 43.8 Å². The van der Waals surface area contributed by atoms with Crippen LogP contribution in [0.5, 0.6) is 0 Å². The SMILES string of the molecule is O=c1[nH]nc2c3c(cccc13)NC(c1ccc(CN3CCNCC3)cc1)C2c1ccc(F)cc1. The van der Waals surface area contributed by atoms with Crippen molar-refractivity contribution in [1.29, 1.82) is 0 Å². The fraction of sp³-hybridized carbons (Fsp3) is 0.259. The van der Waals surface area contributed by atoms with Crippen molar-refractivity contribution in [1.82, 2.24) is 20.4 Å². The number of H-pyrrole nitrogens is 1. The molecule has 0 aliphatic carbocycles. The summed E-state index contributed by atoms with van der Waals surface area (Å²) in [5.74, 6) is -0.463. The van der Waals surface area contributed by atoms with Gasteiger partial charge in [0.1, 0.15) is 5.82 Å². The second kappa shape index (κ2) is 8.66. The minimum atomic E-state index is -0.277. The first kappa shape index (κ1) is 21.0. The van der Waals surface area contributed by atoms with Crippen LogP contribution in [-0.2, 0) is 6.54 Å². The molecule has 0 radical (unpaired) electrons. The minimum Gasteiger partial charge on any atom is -0.377 e. The van der Waals surface area contributed by atoms with E-state index in [0.29, 0.717) is 5.39 Å². The van der Waals surface area contributed by atoms with E-state index in [1.807, 2.05) is 18.2 Å². The van der Waals surface area contributed by atoms with Gasteiger partial charge in [-0.2, -0.15) is 5.10 Å². The van der Waals surface area contributed by atoms with Crippen LogP contribution in [0.15, 0.2) is 71.5 Å². The monoisotopic (exact) mass is 455 g/mol. The highest BCUT2D eigenvalue weighted by Gasteiger charge is 2.34. The molecule has 7 heteroatoms. The van der Waals surface area contributed by atoms with Crippen LogP contribution in [0.1, 0.15) is 34.3 Å².